The summed E-state index contributed by atoms with van der Waals surface area (Å²) in [6, 6.07) is -0.617. The van der Waals surface area contributed by atoms with Crippen LogP contribution in [0, 0.1) is 17.8 Å². The van der Waals surface area contributed by atoms with Crippen molar-refractivity contribution >= 4 is 18.0 Å². The highest BCUT2D eigenvalue weighted by Crippen LogP contribution is 2.47. The quantitative estimate of drug-likeness (QED) is 0.352. The molecule has 2 saturated heterocycles. The zero-order chi connectivity index (χ0) is 13.0. The van der Waals surface area contributed by atoms with Crippen LogP contribution < -0.4 is 0 Å². The van der Waals surface area contributed by atoms with Crippen molar-refractivity contribution in [2.75, 3.05) is 7.11 Å². The molecule has 1 amide bonds. The van der Waals surface area contributed by atoms with Crippen LogP contribution in [0.5, 0.6) is 0 Å². The summed E-state index contributed by atoms with van der Waals surface area (Å²) in [6.45, 7) is 1.85. The number of piperidine rings is 1. The number of hydrogen-bond donors (Lipinski definition) is 0. The lowest BCUT2D eigenvalue weighted by molar-refractivity contribution is -0.153. The molecule has 3 aliphatic heterocycles. The summed E-state index contributed by atoms with van der Waals surface area (Å²) < 4.78 is 9.44. The Balaban J connectivity index is 2.03. The fraction of sp³-hybridized carbons (Fsp3) is 0.583. The third-order valence-electron chi connectivity index (χ3n) is 4.15. The van der Waals surface area contributed by atoms with E-state index in [0.29, 0.717) is 0 Å². The smallest absolute Gasteiger partial charge is 0.410 e. The highest BCUT2D eigenvalue weighted by Gasteiger charge is 2.61. The van der Waals surface area contributed by atoms with Crippen LogP contribution in [0.1, 0.15) is 6.92 Å². The number of nitrogens with zero attached hydrogens (tertiary/aromatic N) is 1. The molecule has 3 heterocycles. The fourth-order valence-electron chi connectivity index (χ4n) is 3.34. The van der Waals surface area contributed by atoms with Gasteiger partial charge >= 0.3 is 18.0 Å². The van der Waals surface area contributed by atoms with Gasteiger partial charge in [0.1, 0.15) is 0 Å². The normalized spacial score (nSPS) is 40.8. The lowest BCUT2D eigenvalue weighted by Crippen LogP contribution is -2.62. The maximum absolute atomic E-state index is 11.8. The molecular formula is C12H13NO5. The average molecular weight is 251 g/mol. The third-order valence-corrected chi connectivity index (χ3v) is 4.15. The predicted molar refractivity (Wildman–Crippen MR) is 58.2 cm³/mol. The number of esters is 2. The fourth-order valence-corrected chi connectivity index (χ4v) is 3.34. The van der Waals surface area contributed by atoms with Crippen molar-refractivity contribution in [3.63, 3.8) is 0 Å². The van der Waals surface area contributed by atoms with E-state index in [-0.39, 0.29) is 12.0 Å². The van der Waals surface area contributed by atoms with Crippen LogP contribution in [0.3, 0.4) is 0 Å². The topological polar surface area (TPSA) is 72.9 Å². The van der Waals surface area contributed by atoms with Gasteiger partial charge in [-0.2, -0.15) is 0 Å². The summed E-state index contributed by atoms with van der Waals surface area (Å²) in [7, 11) is 1.30. The molecule has 0 spiro atoms. The minimum atomic E-state index is -0.581. The summed E-state index contributed by atoms with van der Waals surface area (Å²) >= 11 is 0. The van der Waals surface area contributed by atoms with Gasteiger partial charge < -0.3 is 9.47 Å². The number of ether oxygens (including phenoxy) is 2. The van der Waals surface area contributed by atoms with Crippen LogP contribution in [0.4, 0.5) is 4.79 Å². The van der Waals surface area contributed by atoms with E-state index in [1.54, 1.807) is 6.08 Å². The summed E-state index contributed by atoms with van der Waals surface area (Å²) in [6.07, 6.45) is 3.21. The summed E-state index contributed by atoms with van der Waals surface area (Å²) in [5.74, 6) is -2.23. The van der Waals surface area contributed by atoms with E-state index in [4.69, 9.17) is 9.47 Å². The van der Waals surface area contributed by atoms with Crippen molar-refractivity contribution in [2.45, 2.75) is 19.0 Å². The van der Waals surface area contributed by atoms with E-state index >= 15 is 0 Å². The van der Waals surface area contributed by atoms with Gasteiger partial charge in [-0.1, -0.05) is 12.2 Å². The van der Waals surface area contributed by atoms with Gasteiger partial charge in [0.2, 0.25) is 0 Å². The zero-order valence-electron chi connectivity index (χ0n) is 10.0. The Morgan fingerprint density at radius 3 is 2.61 bits per heavy atom. The van der Waals surface area contributed by atoms with Crippen LogP contribution in [-0.4, -0.2) is 42.1 Å². The standard InChI is InChI=1S/C12H13NO5/c1-5-6-3-4-7(13(5)12(16)17-2)9-8(6)10(14)18-11(9)15/h3-9H,1-2H3/t5?,6-,7-,8+,9-/m1/s1. The SMILES string of the molecule is COC(=O)N1C(C)[C@H]2C=C[C@@H]1[C@H]1C(=O)OC(=O)[C@H]12. The second-order valence-corrected chi connectivity index (χ2v) is 4.86. The summed E-state index contributed by atoms with van der Waals surface area (Å²) in [5.41, 5.74) is 0. The Labute approximate surface area is 104 Å². The largest absolute Gasteiger partial charge is 0.453 e. The number of hydrogen-bond acceptors (Lipinski definition) is 5. The van der Waals surface area contributed by atoms with Gasteiger partial charge in [-0.3, -0.25) is 14.5 Å². The molecule has 0 aromatic rings. The van der Waals surface area contributed by atoms with Crippen molar-refractivity contribution < 1.29 is 23.9 Å². The first-order chi connectivity index (χ1) is 8.56. The first-order valence-electron chi connectivity index (χ1n) is 5.86. The number of cyclic esters (lactones) is 2. The van der Waals surface area contributed by atoms with E-state index in [1.807, 2.05) is 13.0 Å². The van der Waals surface area contributed by atoms with Gasteiger partial charge in [0.25, 0.3) is 0 Å². The van der Waals surface area contributed by atoms with Gasteiger partial charge in [0.05, 0.1) is 25.0 Å². The number of amides is 1. The monoisotopic (exact) mass is 251 g/mol. The molecule has 18 heavy (non-hydrogen) atoms. The molecule has 5 atom stereocenters. The molecule has 0 aromatic carbocycles. The lowest BCUT2D eigenvalue weighted by Gasteiger charge is -2.49. The third kappa shape index (κ3) is 1.20. The molecule has 4 rings (SSSR count). The minimum Gasteiger partial charge on any atom is -0.453 e. The van der Waals surface area contributed by atoms with Crippen molar-refractivity contribution in [1.29, 1.82) is 0 Å². The molecule has 0 radical (unpaired) electrons. The van der Waals surface area contributed by atoms with Gasteiger partial charge in [-0.15, -0.1) is 0 Å². The second kappa shape index (κ2) is 3.57. The van der Waals surface area contributed by atoms with Gasteiger partial charge in [0, 0.05) is 12.0 Å². The van der Waals surface area contributed by atoms with E-state index in [0.717, 1.165) is 0 Å². The molecule has 2 fully saturated rings. The molecule has 2 bridgehead atoms. The maximum atomic E-state index is 11.8. The van der Waals surface area contributed by atoms with Crippen LogP contribution in [0.2, 0.25) is 0 Å². The van der Waals surface area contributed by atoms with E-state index < -0.39 is 35.9 Å². The Hall–Kier alpha value is -1.85. The Kier molecular flexibility index (Phi) is 2.23. The Bertz CT molecular complexity index is 471. The van der Waals surface area contributed by atoms with Crippen LogP contribution >= 0.6 is 0 Å². The van der Waals surface area contributed by atoms with Crippen LogP contribution in [0.15, 0.2) is 12.2 Å². The van der Waals surface area contributed by atoms with Crippen molar-refractivity contribution in [2.24, 2.45) is 17.8 Å². The molecule has 1 unspecified atom stereocenters. The Morgan fingerprint density at radius 2 is 1.94 bits per heavy atom. The average Bonchev–Trinajstić information content (AvgIpc) is 2.66. The minimum absolute atomic E-state index is 0.174. The van der Waals surface area contributed by atoms with Gasteiger partial charge in [0.15, 0.2) is 0 Å². The number of methoxy groups -OCH3 is 1. The zero-order valence-corrected chi connectivity index (χ0v) is 10.0. The molecule has 0 N–H and O–H groups in total. The van der Waals surface area contributed by atoms with Crippen molar-refractivity contribution in [1.82, 2.24) is 4.90 Å². The molecule has 0 saturated carbocycles. The van der Waals surface area contributed by atoms with Crippen LogP contribution in [0.25, 0.3) is 0 Å². The van der Waals surface area contributed by atoms with Crippen molar-refractivity contribution in [3.8, 4) is 0 Å². The number of rotatable bonds is 0. The van der Waals surface area contributed by atoms with Gasteiger partial charge in [-0.25, -0.2) is 4.79 Å². The first-order valence-corrected chi connectivity index (χ1v) is 5.86. The number of fused-ring (bicyclic) bond motifs is 1. The molecule has 6 heteroatoms. The van der Waals surface area contributed by atoms with E-state index in [1.165, 1.54) is 12.0 Å². The molecule has 96 valence electrons. The first kappa shape index (κ1) is 11.3. The number of carbonyl (C=O) groups excluding carboxylic acids is 3. The second-order valence-electron chi connectivity index (χ2n) is 4.86. The molecule has 6 nitrogen and oxygen atoms in total. The van der Waals surface area contributed by atoms with Crippen LogP contribution in [-0.2, 0) is 19.1 Å². The molecular weight excluding hydrogens is 238 g/mol. The maximum Gasteiger partial charge on any atom is 0.410 e. The van der Waals surface area contributed by atoms with E-state index in [2.05, 4.69) is 0 Å². The highest BCUT2D eigenvalue weighted by molar-refractivity contribution is 5.98. The van der Waals surface area contributed by atoms with Gasteiger partial charge in [-0.05, 0) is 6.92 Å². The Morgan fingerprint density at radius 1 is 1.28 bits per heavy atom. The molecule has 0 aromatic heterocycles. The highest BCUT2D eigenvalue weighted by atomic mass is 16.6. The van der Waals surface area contributed by atoms with Crippen molar-refractivity contribution in [3.05, 3.63) is 12.2 Å². The molecule has 1 aliphatic carbocycles. The predicted octanol–water partition coefficient (Wildman–Crippen LogP) is 0.327. The summed E-state index contributed by atoms with van der Waals surface area (Å²) in [5, 5.41) is 0. The molecule has 4 aliphatic rings. The van der Waals surface area contributed by atoms with E-state index in [9.17, 15) is 14.4 Å². The lowest BCUT2D eigenvalue weighted by atomic mass is 9.67. The number of carbonyl (C=O) groups is 3. The summed E-state index contributed by atoms with van der Waals surface area (Å²) in [4.78, 5) is 36.7.